The van der Waals surface area contributed by atoms with Crippen molar-refractivity contribution in [2.24, 2.45) is 0 Å². The lowest BCUT2D eigenvalue weighted by Crippen LogP contribution is -2.33. The summed E-state index contributed by atoms with van der Waals surface area (Å²) in [5, 5.41) is 4.12. The van der Waals surface area contributed by atoms with Crippen molar-refractivity contribution >= 4 is 10.8 Å². The van der Waals surface area contributed by atoms with Crippen LogP contribution in [-0.2, 0) is 11.4 Å². The number of fused-ring (bicyclic) bond motifs is 1. The Balaban J connectivity index is 1.07. The van der Waals surface area contributed by atoms with Crippen molar-refractivity contribution < 1.29 is 23.8 Å². The zero-order valence-corrected chi connectivity index (χ0v) is 23.1. The van der Waals surface area contributed by atoms with Gasteiger partial charge in [0.05, 0.1) is 20.8 Å². The smallest absolute Gasteiger partial charge is 0.149 e. The first-order chi connectivity index (χ1) is 19.7. The van der Waals surface area contributed by atoms with Gasteiger partial charge in [-0.1, -0.05) is 66.4 Å². The lowest BCUT2D eigenvalue weighted by Gasteiger charge is -2.31. The highest BCUT2D eigenvalue weighted by molar-refractivity contribution is 5.94. The van der Waals surface area contributed by atoms with Crippen molar-refractivity contribution in [3.8, 4) is 34.8 Å². The maximum Gasteiger partial charge on any atom is 0.149 e. The molecule has 0 atom stereocenters. The maximum atomic E-state index is 6.22. The van der Waals surface area contributed by atoms with Gasteiger partial charge in [0.15, 0.2) is 0 Å². The quantitative estimate of drug-likeness (QED) is 0.212. The second-order valence-electron chi connectivity index (χ2n) is 9.61. The van der Waals surface area contributed by atoms with Crippen LogP contribution in [0, 0.1) is 11.8 Å². The monoisotopic (exact) mass is 537 g/mol. The molecule has 0 saturated carbocycles. The molecule has 0 spiro atoms. The molecule has 0 radical (unpaired) electrons. The van der Waals surface area contributed by atoms with E-state index in [4.69, 9.17) is 23.8 Å². The Morgan fingerprint density at radius 3 is 2.00 bits per heavy atom. The van der Waals surface area contributed by atoms with Crippen LogP contribution in [-0.4, -0.2) is 45.6 Å². The lowest BCUT2D eigenvalue weighted by atomic mass is 9.90. The number of benzene rings is 4. The number of methoxy groups -OCH3 is 2. The number of nitrogens with zero attached hydrogens (tertiary/aromatic N) is 1. The number of rotatable bonds is 10. The molecular weight excluding hydrogens is 502 g/mol. The minimum Gasteiger partial charge on any atom is -0.496 e. The number of ether oxygens (including phenoxy) is 4. The summed E-state index contributed by atoms with van der Waals surface area (Å²) in [6.07, 6.45) is 2.07. The number of hydrogen-bond acceptors (Lipinski definition) is 6. The molecule has 4 aromatic carbocycles. The molecular formula is C34H35NO5. The fraction of sp³-hybridized carbons (Fsp3) is 0.294. The molecule has 1 aliphatic heterocycles. The summed E-state index contributed by atoms with van der Waals surface area (Å²) in [6, 6.07) is 28.2. The normalized spacial score (nSPS) is 13.8. The summed E-state index contributed by atoms with van der Waals surface area (Å²) < 4.78 is 22.7. The molecule has 6 nitrogen and oxygen atoms in total. The van der Waals surface area contributed by atoms with Gasteiger partial charge in [-0.25, -0.2) is 0 Å². The number of piperidine rings is 1. The van der Waals surface area contributed by atoms with Gasteiger partial charge in [-0.15, -0.1) is 0 Å². The largest absolute Gasteiger partial charge is 0.496 e. The van der Waals surface area contributed by atoms with Crippen LogP contribution in [0.25, 0.3) is 10.8 Å². The topological polar surface area (TPSA) is 49.4 Å². The molecule has 1 heterocycles. The van der Waals surface area contributed by atoms with E-state index in [9.17, 15) is 0 Å². The standard InChI is InChI=1S/C34H35NO5/c1-36-33-24-28(34(37-2)32-13-7-6-12-31(32)33)25-40-35-20-18-27(19-21-35)26-14-16-30(17-15-26)39-23-9-8-22-38-29-10-4-3-5-11-29/h3-7,10-17,24,27H,18-23,25H2,1-2H3. The molecule has 6 heteroatoms. The zero-order valence-electron chi connectivity index (χ0n) is 23.1. The van der Waals surface area contributed by atoms with Crippen LogP contribution in [0.4, 0.5) is 0 Å². The fourth-order valence-corrected chi connectivity index (χ4v) is 5.06. The highest BCUT2D eigenvalue weighted by atomic mass is 16.7. The van der Waals surface area contributed by atoms with Gasteiger partial charge in [-0.3, -0.25) is 4.84 Å². The number of para-hydroxylation sites is 1. The summed E-state index contributed by atoms with van der Waals surface area (Å²) in [7, 11) is 3.40. The molecule has 0 aliphatic carbocycles. The molecule has 0 N–H and O–H groups in total. The highest BCUT2D eigenvalue weighted by Crippen LogP contribution is 2.37. The lowest BCUT2D eigenvalue weighted by molar-refractivity contribution is -0.180. The van der Waals surface area contributed by atoms with Gasteiger partial charge in [0.2, 0.25) is 0 Å². The second-order valence-corrected chi connectivity index (χ2v) is 9.61. The van der Waals surface area contributed by atoms with Crippen molar-refractivity contribution in [2.45, 2.75) is 25.4 Å². The summed E-state index contributed by atoms with van der Waals surface area (Å²) in [5.41, 5.74) is 2.31. The molecule has 1 saturated heterocycles. The van der Waals surface area contributed by atoms with Gasteiger partial charge < -0.3 is 18.9 Å². The van der Waals surface area contributed by atoms with E-state index in [0.29, 0.717) is 25.7 Å². The number of hydrogen-bond donors (Lipinski definition) is 0. The minimum atomic E-state index is 0.334. The van der Waals surface area contributed by atoms with Crippen LogP contribution >= 0.6 is 0 Å². The molecule has 5 rings (SSSR count). The van der Waals surface area contributed by atoms with E-state index in [1.165, 1.54) is 5.56 Å². The Morgan fingerprint density at radius 1 is 0.725 bits per heavy atom. The van der Waals surface area contributed by atoms with Gasteiger partial charge in [0.25, 0.3) is 0 Å². The van der Waals surface area contributed by atoms with E-state index in [2.05, 4.69) is 35.1 Å². The first-order valence-corrected chi connectivity index (χ1v) is 13.6. The van der Waals surface area contributed by atoms with Gasteiger partial charge >= 0.3 is 0 Å². The SMILES string of the molecule is COc1cc(CON2CCC(c3ccc(OCC#CCOc4ccccc4)cc3)CC2)c(OC)c2ccccc12. The summed E-state index contributed by atoms with van der Waals surface area (Å²) in [4.78, 5) is 6.22. The van der Waals surface area contributed by atoms with Gasteiger partial charge in [-0.2, -0.15) is 5.06 Å². The molecule has 1 fully saturated rings. The van der Waals surface area contributed by atoms with E-state index in [0.717, 1.165) is 65.3 Å². The van der Waals surface area contributed by atoms with Crippen LogP contribution in [0.5, 0.6) is 23.0 Å². The Labute approximate surface area is 236 Å². The van der Waals surface area contributed by atoms with Crippen molar-refractivity contribution in [3.05, 3.63) is 96.1 Å². The van der Waals surface area contributed by atoms with E-state index in [-0.39, 0.29) is 0 Å². The van der Waals surface area contributed by atoms with E-state index >= 15 is 0 Å². The van der Waals surface area contributed by atoms with Crippen LogP contribution in [0.15, 0.2) is 84.9 Å². The van der Waals surface area contributed by atoms with Gasteiger partial charge in [0, 0.05) is 29.4 Å². The van der Waals surface area contributed by atoms with Crippen molar-refractivity contribution in [1.29, 1.82) is 0 Å². The summed E-state index contributed by atoms with van der Waals surface area (Å²) in [5.74, 6) is 9.78. The summed E-state index contributed by atoms with van der Waals surface area (Å²) in [6.45, 7) is 2.86. The molecule has 206 valence electrons. The molecule has 4 aromatic rings. The third-order valence-electron chi connectivity index (χ3n) is 7.16. The van der Waals surface area contributed by atoms with E-state index < -0.39 is 0 Å². The molecule has 0 unspecified atom stereocenters. The maximum absolute atomic E-state index is 6.22. The van der Waals surface area contributed by atoms with E-state index in [1.54, 1.807) is 14.2 Å². The van der Waals surface area contributed by atoms with Crippen LogP contribution in [0.2, 0.25) is 0 Å². The second kappa shape index (κ2) is 13.7. The Bertz CT molecular complexity index is 1430. The zero-order chi connectivity index (χ0) is 27.6. The van der Waals surface area contributed by atoms with Crippen molar-refractivity contribution in [2.75, 3.05) is 40.5 Å². The summed E-state index contributed by atoms with van der Waals surface area (Å²) >= 11 is 0. The average Bonchev–Trinajstić information content (AvgIpc) is 3.02. The average molecular weight is 538 g/mol. The molecule has 0 amide bonds. The van der Waals surface area contributed by atoms with Gasteiger partial charge in [-0.05, 0) is 54.7 Å². The predicted molar refractivity (Wildman–Crippen MR) is 157 cm³/mol. The number of hydroxylamine groups is 2. The minimum absolute atomic E-state index is 0.334. The first kappa shape index (κ1) is 27.4. The highest BCUT2D eigenvalue weighted by Gasteiger charge is 2.22. The van der Waals surface area contributed by atoms with Gasteiger partial charge in [0.1, 0.15) is 36.2 Å². The van der Waals surface area contributed by atoms with Crippen molar-refractivity contribution in [3.63, 3.8) is 0 Å². The Kier molecular flexibility index (Phi) is 9.41. The first-order valence-electron chi connectivity index (χ1n) is 13.6. The molecule has 40 heavy (non-hydrogen) atoms. The Morgan fingerprint density at radius 2 is 1.35 bits per heavy atom. The molecule has 1 aliphatic rings. The van der Waals surface area contributed by atoms with E-state index in [1.807, 2.05) is 66.7 Å². The van der Waals surface area contributed by atoms with Crippen LogP contribution < -0.4 is 18.9 Å². The third kappa shape index (κ3) is 6.87. The molecule has 0 aromatic heterocycles. The third-order valence-corrected chi connectivity index (χ3v) is 7.16. The fourth-order valence-electron chi connectivity index (χ4n) is 5.06. The molecule has 0 bridgehead atoms. The van der Waals surface area contributed by atoms with Crippen LogP contribution in [0.3, 0.4) is 0 Å². The Hall–Kier alpha value is -4.18. The van der Waals surface area contributed by atoms with Crippen LogP contribution in [0.1, 0.15) is 29.9 Å². The predicted octanol–water partition coefficient (Wildman–Crippen LogP) is 6.63. The van der Waals surface area contributed by atoms with Crippen molar-refractivity contribution in [1.82, 2.24) is 5.06 Å².